The summed E-state index contributed by atoms with van der Waals surface area (Å²) in [5.41, 5.74) is 3.21. The molecule has 0 saturated heterocycles. The Kier molecular flexibility index (Phi) is 3.69. The third-order valence-electron chi connectivity index (χ3n) is 3.23. The van der Waals surface area contributed by atoms with Gasteiger partial charge in [0.2, 0.25) is 0 Å². The predicted octanol–water partition coefficient (Wildman–Crippen LogP) is 3.83. The van der Waals surface area contributed by atoms with Gasteiger partial charge in [0.15, 0.2) is 0 Å². The highest BCUT2D eigenvalue weighted by atomic mass is 79.9. The lowest BCUT2D eigenvalue weighted by Crippen LogP contribution is -2.08. The van der Waals surface area contributed by atoms with Crippen molar-refractivity contribution >= 4 is 32.7 Å². The Balaban J connectivity index is 1.85. The van der Waals surface area contributed by atoms with E-state index in [-0.39, 0.29) is 0 Å². The van der Waals surface area contributed by atoms with Crippen LogP contribution in [0.1, 0.15) is 12.7 Å². The largest absolute Gasteiger partial charge is 0.377 e. The van der Waals surface area contributed by atoms with Crippen molar-refractivity contribution in [3.05, 3.63) is 53.0 Å². The molecular formula is C15H15BrN4. The van der Waals surface area contributed by atoms with Crippen LogP contribution in [-0.4, -0.2) is 14.5 Å². The number of aromatic nitrogens is 3. The molecule has 5 heteroatoms. The number of benzene rings is 1. The molecule has 0 atom stereocenters. The lowest BCUT2D eigenvalue weighted by atomic mass is 10.3. The first kappa shape index (κ1) is 13.1. The maximum atomic E-state index is 4.69. The van der Waals surface area contributed by atoms with Gasteiger partial charge in [-0.15, -0.1) is 0 Å². The number of rotatable bonds is 4. The molecule has 1 N–H and O–H groups in total. The molecule has 0 unspecified atom stereocenters. The van der Waals surface area contributed by atoms with Crippen LogP contribution in [0, 0.1) is 0 Å². The molecule has 20 heavy (non-hydrogen) atoms. The van der Waals surface area contributed by atoms with E-state index in [0.29, 0.717) is 6.54 Å². The minimum absolute atomic E-state index is 0.686. The molecule has 2 heterocycles. The van der Waals surface area contributed by atoms with Gasteiger partial charge in [0.25, 0.3) is 0 Å². The highest BCUT2D eigenvalue weighted by Gasteiger charge is 2.08. The number of aryl methyl sites for hydroxylation is 1. The summed E-state index contributed by atoms with van der Waals surface area (Å²) in [4.78, 5) is 8.89. The Morgan fingerprint density at radius 3 is 2.80 bits per heavy atom. The van der Waals surface area contributed by atoms with Crippen LogP contribution in [0.4, 0.5) is 5.69 Å². The van der Waals surface area contributed by atoms with Crippen LogP contribution in [0.25, 0.3) is 11.0 Å². The van der Waals surface area contributed by atoms with Crippen molar-refractivity contribution in [2.45, 2.75) is 20.0 Å². The minimum atomic E-state index is 0.686. The molecule has 0 spiro atoms. The molecule has 0 fully saturated rings. The van der Waals surface area contributed by atoms with Crippen LogP contribution in [0.15, 0.2) is 47.2 Å². The van der Waals surface area contributed by atoms with Gasteiger partial charge in [-0.1, -0.05) is 12.1 Å². The van der Waals surface area contributed by atoms with E-state index in [4.69, 9.17) is 0 Å². The number of hydrogen-bond acceptors (Lipinski definition) is 3. The van der Waals surface area contributed by atoms with Crippen molar-refractivity contribution in [3.63, 3.8) is 0 Å². The first-order valence-corrected chi connectivity index (χ1v) is 7.37. The monoisotopic (exact) mass is 330 g/mol. The van der Waals surface area contributed by atoms with Crippen molar-refractivity contribution in [1.82, 2.24) is 14.5 Å². The van der Waals surface area contributed by atoms with E-state index in [0.717, 1.165) is 28.2 Å². The van der Waals surface area contributed by atoms with Gasteiger partial charge in [0.05, 0.1) is 29.5 Å². The van der Waals surface area contributed by atoms with E-state index in [1.54, 1.807) is 0 Å². The highest BCUT2D eigenvalue weighted by molar-refractivity contribution is 9.10. The van der Waals surface area contributed by atoms with Crippen LogP contribution in [0.5, 0.6) is 0 Å². The molecule has 102 valence electrons. The molecule has 3 rings (SSSR count). The fourth-order valence-electron chi connectivity index (χ4n) is 2.27. The minimum Gasteiger partial charge on any atom is -0.377 e. The Hall–Kier alpha value is -1.88. The maximum absolute atomic E-state index is 4.69. The number of fused-ring (bicyclic) bond motifs is 1. The summed E-state index contributed by atoms with van der Waals surface area (Å²) in [6, 6.07) is 12.1. The zero-order valence-electron chi connectivity index (χ0n) is 11.2. The summed E-state index contributed by atoms with van der Waals surface area (Å²) in [5.74, 6) is 1.04. The van der Waals surface area contributed by atoms with Crippen molar-refractivity contribution in [2.24, 2.45) is 0 Å². The van der Waals surface area contributed by atoms with Crippen molar-refractivity contribution in [1.29, 1.82) is 0 Å². The van der Waals surface area contributed by atoms with Gasteiger partial charge in [-0.05, 0) is 47.1 Å². The first-order valence-electron chi connectivity index (χ1n) is 6.57. The Morgan fingerprint density at radius 2 is 2.05 bits per heavy atom. The average Bonchev–Trinajstić information content (AvgIpc) is 2.84. The summed E-state index contributed by atoms with van der Waals surface area (Å²) in [5, 5.41) is 3.36. The zero-order valence-corrected chi connectivity index (χ0v) is 12.8. The normalized spacial score (nSPS) is 10.9. The Labute approximate surface area is 126 Å². The topological polar surface area (TPSA) is 42.7 Å². The van der Waals surface area contributed by atoms with Crippen molar-refractivity contribution < 1.29 is 0 Å². The molecule has 0 radical (unpaired) electrons. The van der Waals surface area contributed by atoms with Crippen LogP contribution in [0.3, 0.4) is 0 Å². The second kappa shape index (κ2) is 5.63. The molecule has 0 bridgehead atoms. The van der Waals surface area contributed by atoms with Gasteiger partial charge in [-0.3, -0.25) is 0 Å². The summed E-state index contributed by atoms with van der Waals surface area (Å²) in [7, 11) is 0. The number of nitrogens with zero attached hydrogens (tertiary/aromatic N) is 3. The quantitative estimate of drug-likeness (QED) is 0.739. The van der Waals surface area contributed by atoms with Gasteiger partial charge in [-0.25, -0.2) is 9.97 Å². The van der Waals surface area contributed by atoms with E-state index >= 15 is 0 Å². The first-order chi connectivity index (χ1) is 9.78. The Morgan fingerprint density at radius 1 is 1.20 bits per heavy atom. The van der Waals surface area contributed by atoms with E-state index in [1.165, 1.54) is 5.52 Å². The van der Waals surface area contributed by atoms with E-state index in [2.05, 4.69) is 48.8 Å². The SMILES string of the molecule is CCn1c(CNc2ccc(Br)nc2)nc2ccccc21. The van der Waals surface area contributed by atoms with Gasteiger partial charge in [-0.2, -0.15) is 0 Å². The van der Waals surface area contributed by atoms with Crippen LogP contribution < -0.4 is 5.32 Å². The molecule has 4 nitrogen and oxygen atoms in total. The van der Waals surface area contributed by atoms with E-state index in [9.17, 15) is 0 Å². The molecule has 0 saturated carbocycles. The molecule has 2 aromatic heterocycles. The van der Waals surface area contributed by atoms with Crippen molar-refractivity contribution in [2.75, 3.05) is 5.32 Å². The standard InChI is InChI=1S/C15H15BrN4/c1-2-20-13-6-4-3-5-12(13)19-15(20)10-17-11-7-8-14(16)18-9-11/h3-9,17H,2,10H2,1H3. The molecule has 1 aromatic carbocycles. The molecule has 0 aliphatic carbocycles. The smallest absolute Gasteiger partial charge is 0.129 e. The van der Waals surface area contributed by atoms with E-state index < -0.39 is 0 Å². The summed E-state index contributed by atoms with van der Waals surface area (Å²) in [6.07, 6.45) is 1.81. The lowest BCUT2D eigenvalue weighted by Gasteiger charge is -2.08. The number of halogens is 1. The molecular weight excluding hydrogens is 316 g/mol. The number of pyridine rings is 1. The predicted molar refractivity (Wildman–Crippen MR) is 84.7 cm³/mol. The summed E-state index contributed by atoms with van der Waals surface area (Å²) in [6.45, 7) is 3.74. The number of anilines is 1. The molecule has 0 aliphatic heterocycles. The fourth-order valence-corrected chi connectivity index (χ4v) is 2.51. The highest BCUT2D eigenvalue weighted by Crippen LogP contribution is 2.17. The zero-order chi connectivity index (χ0) is 13.9. The second-order valence-electron chi connectivity index (χ2n) is 4.48. The average molecular weight is 331 g/mol. The lowest BCUT2D eigenvalue weighted by molar-refractivity contribution is 0.729. The molecule has 3 aromatic rings. The van der Waals surface area contributed by atoms with Gasteiger partial charge in [0, 0.05) is 6.54 Å². The number of hydrogen-bond donors (Lipinski definition) is 1. The maximum Gasteiger partial charge on any atom is 0.129 e. The number of nitrogens with one attached hydrogen (secondary N) is 1. The van der Waals surface area contributed by atoms with Crippen LogP contribution in [0.2, 0.25) is 0 Å². The summed E-state index contributed by atoms with van der Waals surface area (Å²) < 4.78 is 3.07. The number of imidazole rings is 1. The third kappa shape index (κ3) is 2.54. The fraction of sp³-hybridized carbons (Fsp3) is 0.200. The second-order valence-corrected chi connectivity index (χ2v) is 5.30. The van der Waals surface area contributed by atoms with Gasteiger partial charge < -0.3 is 9.88 Å². The van der Waals surface area contributed by atoms with E-state index in [1.807, 2.05) is 36.5 Å². The third-order valence-corrected chi connectivity index (χ3v) is 3.70. The van der Waals surface area contributed by atoms with Gasteiger partial charge in [0.1, 0.15) is 10.4 Å². The van der Waals surface area contributed by atoms with Gasteiger partial charge >= 0.3 is 0 Å². The van der Waals surface area contributed by atoms with Crippen LogP contribution in [-0.2, 0) is 13.1 Å². The van der Waals surface area contributed by atoms with Crippen LogP contribution >= 0.6 is 15.9 Å². The Bertz CT molecular complexity index is 718. The molecule has 0 aliphatic rings. The number of para-hydroxylation sites is 2. The summed E-state index contributed by atoms with van der Waals surface area (Å²) >= 11 is 3.33. The van der Waals surface area contributed by atoms with Crippen molar-refractivity contribution in [3.8, 4) is 0 Å². The molecule has 0 amide bonds.